The van der Waals surface area contributed by atoms with Crippen LogP contribution >= 0.6 is 0 Å². The summed E-state index contributed by atoms with van der Waals surface area (Å²) in [5.41, 5.74) is 2.69. The van der Waals surface area contributed by atoms with Crippen molar-refractivity contribution < 1.29 is 18.0 Å². The topological polar surface area (TPSA) is 75.7 Å². The molecule has 0 aromatic heterocycles. The highest BCUT2D eigenvalue weighted by Gasteiger charge is 2.24. The molecule has 0 radical (unpaired) electrons. The van der Waals surface area contributed by atoms with Crippen LogP contribution in [0.4, 0.5) is 0 Å². The Morgan fingerprint density at radius 1 is 1.19 bits per heavy atom. The van der Waals surface area contributed by atoms with E-state index < -0.39 is 10.0 Å². The normalized spacial score (nSPS) is 17.0. The second-order valence-electron chi connectivity index (χ2n) is 6.24. The maximum absolute atomic E-state index is 12.7. The van der Waals surface area contributed by atoms with Crippen molar-refractivity contribution in [3.05, 3.63) is 65.2 Å². The zero-order valence-corrected chi connectivity index (χ0v) is 15.6. The van der Waals surface area contributed by atoms with Crippen LogP contribution < -0.4 is 5.32 Å². The first-order valence-corrected chi connectivity index (χ1v) is 9.89. The van der Waals surface area contributed by atoms with E-state index in [-0.39, 0.29) is 16.8 Å². The Morgan fingerprint density at radius 3 is 2.73 bits per heavy atom. The Bertz CT molecular complexity index is 911. The molecule has 0 fully saturated rings. The van der Waals surface area contributed by atoms with Crippen molar-refractivity contribution in [1.82, 2.24) is 9.79 Å². The molecule has 138 valence electrons. The first kappa shape index (κ1) is 18.6. The number of aryl methyl sites for hydroxylation is 1. The maximum Gasteiger partial charge on any atom is 0.264 e. The number of nitrogens with zero attached hydrogens (tertiary/aromatic N) is 1. The summed E-state index contributed by atoms with van der Waals surface area (Å²) in [4.78, 5) is 17.5. The van der Waals surface area contributed by atoms with Gasteiger partial charge in [-0.1, -0.05) is 34.8 Å². The second kappa shape index (κ2) is 7.57. The van der Waals surface area contributed by atoms with E-state index in [1.54, 1.807) is 12.1 Å². The van der Waals surface area contributed by atoms with Gasteiger partial charge in [-0.05, 0) is 48.6 Å². The zero-order valence-electron chi connectivity index (χ0n) is 14.8. The first-order valence-electron chi connectivity index (χ1n) is 8.45. The fourth-order valence-corrected chi connectivity index (χ4v) is 4.21. The highest BCUT2D eigenvalue weighted by atomic mass is 32.2. The molecule has 26 heavy (non-hydrogen) atoms. The van der Waals surface area contributed by atoms with Crippen molar-refractivity contribution in [2.45, 2.75) is 30.2 Å². The van der Waals surface area contributed by atoms with E-state index in [0.717, 1.165) is 29.3 Å². The average molecular weight is 374 g/mol. The summed E-state index contributed by atoms with van der Waals surface area (Å²) in [6.45, 7) is 0. The van der Waals surface area contributed by atoms with Crippen LogP contribution in [-0.4, -0.2) is 33.0 Å². The second-order valence-corrected chi connectivity index (χ2v) is 8.18. The SMILES string of the molecule is CON(C)S(=O)(=O)c1cccc(C(=O)N[C@H]2CCCc3ccccc32)c1. The van der Waals surface area contributed by atoms with Crippen LogP contribution in [0.5, 0.6) is 0 Å². The van der Waals surface area contributed by atoms with E-state index in [2.05, 4.69) is 11.4 Å². The summed E-state index contributed by atoms with van der Waals surface area (Å²) in [6, 6.07) is 14.0. The van der Waals surface area contributed by atoms with Gasteiger partial charge in [0.15, 0.2) is 0 Å². The van der Waals surface area contributed by atoms with E-state index in [9.17, 15) is 13.2 Å². The number of rotatable bonds is 5. The van der Waals surface area contributed by atoms with Crippen molar-refractivity contribution in [3.8, 4) is 0 Å². The Labute approximate surface area is 153 Å². The summed E-state index contributed by atoms with van der Waals surface area (Å²) < 4.78 is 25.5. The lowest BCUT2D eigenvalue weighted by Crippen LogP contribution is -2.31. The van der Waals surface area contributed by atoms with Crippen LogP contribution in [-0.2, 0) is 21.3 Å². The summed E-state index contributed by atoms with van der Waals surface area (Å²) in [6.07, 6.45) is 2.89. The largest absolute Gasteiger partial charge is 0.345 e. The molecule has 2 aromatic carbocycles. The van der Waals surface area contributed by atoms with Crippen molar-refractivity contribution in [1.29, 1.82) is 0 Å². The molecular formula is C19H22N2O4S. The number of sulfonamides is 1. The average Bonchev–Trinajstić information content (AvgIpc) is 2.67. The number of benzene rings is 2. The third-order valence-corrected chi connectivity index (χ3v) is 6.34. The van der Waals surface area contributed by atoms with Crippen LogP contribution in [0.25, 0.3) is 0 Å². The Morgan fingerprint density at radius 2 is 1.96 bits per heavy atom. The minimum absolute atomic E-state index is 0.0125. The van der Waals surface area contributed by atoms with Gasteiger partial charge in [0.25, 0.3) is 15.9 Å². The Hall–Kier alpha value is -2.22. The third kappa shape index (κ3) is 3.65. The predicted molar refractivity (Wildman–Crippen MR) is 98.0 cm³/mol. The highest BCUT2D eigenvalue weighted by molar-refractivity contribution is 7.89. The lowest BCUT2D eigenvalue weighted by molar-refractivity contribution is -0.0258. The van der Waals surface area contributed by atoms with Gasteiger partial charge >= 0.3 is 0 Å². The fourth-order valence-electron chi connectivity index (χ4n) is 3.19. The number of carbonyl (C=O) groups excluding carboxylic acids is 1. The molecule has 0 heterocycles. The van der Waals surface area contributed by atoms with Gasteiger partial charge in [0.2, 0.25) is 0 Å². The van der Waals surface area contributed by atoms with Crippen LogP contribution in [0.2, 0.25) is 0 Å². The lowest BCUT2D eigenvalue weighted by Gasteiger charge is -2.26. The molecule has 0 saturated carbocycles. The quantitative estimate of drug-likeness (QED) is 0.817. The van der Waals surface area contributed by atoms with Gasteiger partial charge in [-0.3, -0.25) is 9.63 Å². The summed E-state index contributed by atoms with van der Waals surface area (Å²) in [5, 5.41) is 3.03. The van der Waals surface area contributed by atoms with Gasteiger partial charge in [0.05, 0.1) is 18.0 Å². The van der Waals surface area contributed by atoms with Crippen LogP contribution in [0.1, 0.15) is 40.4 Å². The summed E-state index contributed by atoms with van der Waals surface area (Å²) >= 11 is 0. The van der Waals surface area contributed by atoms with Crippen molar-refractivity contribution in [2.75, 3.05) is 14.2 Å². The van der Waals surface area contributed by atoms with Crippen molar-refractivity contribution >= 4 is 15.9 Å². The zero-order chi connectivity index (χ0) is 18.7. The molecule has 2 aromatic rings. The number of hydroxylamine groups is 1. The molecule has 7 heteroatoms. The van der Waals surface area contributed by atoms with E-state index >= 15 is 0 Å². The van der Waals surface area contributed by atoms with Gasteiger partial charge in [-0.25, -0.2) is 8.42 Å². The molecule has 0 saturated heterocycles. The number of carbonyl (C=O) groups is 1. The molecule has 1 aliphatic rings. The molecular weight excluding hydrogens is 352 g/mol. The number of hydrogen-bond donors (Lipinski definition) is 1. The molecule has 1 N–H and O–H groups in total. The summed E-state index contributed by atoms with van der Waals surface area (Å²) in [5.74, 6) is -0.288. The summed E-state index contributed by atoms with van der Waals surface area (Å²) in [7, 11) is -1.22. The first-order chi connectivity index (χ1) is 12.4. The Kier molecular flexibility index (Phi) is 5.41. The van der Waals surface area contributed by atoms with E-state index in [0.29, 0.717) is 5.56 Å². The van der Waals surface area contributed by atoms with Gasteiger partial charge < -0.3 is 5.32 Å². The molecule has 0 spiro atoms. The molecule has 3 rings (SSSR count). The molecule has 1 atom stereocenters. The molecule has 0 aliphatic heterocycles. The highest BCUT2D eigenvalue weighted by Crippen LogP contribution is 2.29. The molecule has 1 amide bonds. The lowest BCUT2D eigenvalue weighted by atomic mass is 9.87. The number of nitrogens with one attached hydrogen (secondary N) is 1. The maximum atomic E-state index is 12.7. The minimum Gasteiger partial charge on any atom is -0.345 e. The number of amides is 1. The number of fused-ring (bicyclic) bond motifs is 1. The van der Waals surface area contributed by atoms with Crippen LogP contribution in [0.15, 0.2) is 53.4 Å². The van der Waals surface area contributed by atoms with E-state index in [1.165, 1.54) is 31.9 Å². The smallest absolute Gasteiger partial charge is 0.264 e. The third-order valence-electron chi connectivity index (χ3n) is 4.66. The number of hydrogen-bond acceptors (Lipinski definition) is 4. The Balaban J connectivity index is 1.83. The monoisotopic (exact) mass is 374 g/mol. The molecule has 0 unspecified atom stereocenters. The van der Waals surface area contributed by atoms with Crippen LogP contribution in [0, 0.1) is 0 Å². The minimum atomic E-state index is -3.80. The van der Waals surface area contributed by atoms with E-state index in [4.69, 9.17) is 4.84 Å². The van der Waals surface area contributed by atoms with Crippen molar-refractivity contribution in [2.24, 2.45) is 0 Å². The fraction of sp³-hybridized carbons (Fsp3) is 0.316. The van der Waals surface area contributed by atoms with Gasteiger partial charge in [-0.2, -0.15) is 0 Å². The molecule has 0 bridgehead atoms. The van der Waals surface area contributed by atoms with E-state index in [1.807, 2.05) is 18.2 Å². The molecule has 6 nitrogen and oxygen atoms in total. The van der Waals surface area contributed by atoms with Gasteiger partial charge in [0, 0.05) is 12.6 Å². The standard InChI is InChI=1S/C19H22N2O4S/c1-21(25-2)26(23,24)16-10-5-9-15(13-16)19(22)20-18-12-6-8-14-7-3-4-11-17(14)18/h3-5,7,9-11,13,18H,6,8,12H2,1-2H3,(H,20,22)/t18-/m0/s1. The van der Waals surface area contributed by atoms with Gasteiger partial charge in [0.1, 0.15) is 0 Å². The van der Waals surface area contributed by atoms with Gasteiger partial charge in [-0.15, -0.1) is 0 Å². The predicted octanol–water partition coefficient (Wildman–Crippen LogP) is 2.68. The van der Waals surface area contributed by atoms with Crippen molar-refractivity contribution in [3.63, 3.8) is 0 Å². The molecule has 1 aliphatic carbocycles. The van der Waals surface area contributed by atoms with Crippen LogP contribution in [0.3, 0.4) is 0 Å².